The van der Waals surface area contributed by atoms with E-state index in [9.17, 15) is 4.79 Å². The van der Waals surface area contributed by atoms with Gasteiger partial charge in [-0.2, -0.15) is 0 Å². The van der Waals surface area contributed by atoms with Crippen LogP contribution in [0.4, 0.5) is 0 Å². The lowest BCUT2D eigenvalue weighted by atomic mass is 10.2. The normalized spacial score (nSPS) is 21.3. The molecule has 0 bridgehead atoms. The summed E-state index contributed by atoms with van der Waals surface area (Å²) in [6, 6.07) is 0. The summed E-state index contributed by atoms with van der Waals surface area (Å²) in [5.74, 6) is -0.258. The Bertz CT molecular complexity index is 259. The van der Waals surface area contributed by atoms with Crippen molar-refractivity contribution in [2.75, 3.05) is 40.0 Å². The van der Waals surface area contributed by atoms with E-state index < -0.39 is 0 Å². The molecule has 5 heteroatoms. The molecule has 1 fully saturated rings. The van der Waals surface area contributed by atoms with Crippen molar-refractivity contribution in [1.82, 2.24) is 5.32 Å². The van der Waals surface area contributed by atoms with Gasteiger partial charge in [0, 0.05) is 18.7 Å². The van der Waals surface area contributed by atoms with Crippen LogP contribution < -0.4 is 5.32 Å². The molecule has 17 heavy (non-hydrogen) atoms. The first-order valence-electron chi connectivity index (χ1n) is 5.95. The molecule has 0 aromatic rings. The van der Waals surface area contributed by atoms with Crippen LogP contribution in [0.5, 0.6) is 0 Å². The third kappa shape index (κ3) is 5.30. The minimum Gasteiger partial charge on any atom is -0.466 e. The molecule has 0 aromatic heterocycles. The Kier molecular flexibility index (Phi) is 6.84. The maximum Gasteiger partial charge on any atom is 0.333 e. The highest BCUT2D eigenvalue weighted by atomic mass is 16.6. The fraction of sp³-hybridized carbons (Fsp3) is 0.750. The average molecular weight is 243 g/mol. The predicted octanol–water partition coefficient (Wildman–Crippen LogP) is 0.501. The van der Waals surface area contributed by atoms with Crippen LogP contribution in [0.15, 0.2) is 11.6 Å². The zero-order chi connectivity index (χ0) is 12.5. The molecule has 0 radical (unpaired) electrons. The average Bonchev–Trinajstić information content (AvgIpc) is 2.39. The second-order valence-electron chi connectivity index (χ2n) is 3.80. The highest BCUT2D eigenvalue weighted by molar-refractivity contribution is 5.88. The second kappa shape index (κ2) is 8.22. The highest BCUT2D eigenvalue weighted by Gasteiger charge is 2.13. The van der Waals surface area contributed by atoms with Crippen LogP contribution in [0.3, 0.4) is 0 Å². The fourth-order valence-electron chi connectivity index (χ4n) is 1.60. The lowest BCUT2D eigenvalue weighted by Crippen LogP contribution is -2.37. The van der Waals surface area contributed by atoms with Crippen LogP contribution in [-0.4, -0.2) is 52.1 Å². The molecule has 1 rings (SSSR count). The summed E-state index contributed by atoms with van der Waals surface area (Å²) in [6.07, 6.45) is 2.65. The summed E-state index contributed by atoms with van der Waals surface area (Å²) in [6.45, 7) is 5.27. The van der Waals surface area contributed by atoms with Gasteiger partial charge >= 0.3 is 5.97 Å². The molecule has 0 amide bonds. The molecule has 0 aromatic carbocycles. The van der Waals surface area contributed by atoms with Gasteiger partial charge in [0.15, 0.2) is 0 Å². The van der Waals surface area contributed by atoms with Gasteiger partial charge < -0.3 is 19.5 Å². The second-order valence-corrected chi connectivity index (χ2v) is 3.80. The van der Waals surface area contributed by atoms with Crippen LogP contribution in [0.25, 0.3) is 0 Å². The summed E-state index contributed by atoms with van der Waals surface area (Å²) in [5, 5.41) is 3.21. The third-order valence-electron chi connectivity index (χ3n) is 2.58. The van der Waals surface area contributed by atoms with Gasteiger partial charge in [-0.1, -0.05) is 13.0 Å². The molecule has 1 saturated heterocycles. The molecule has 1 N–H and O–H groups in total. The van der Waals surface area contributed by atoms with Gasteiger partial charge in [-0.15, -0.1) is 0 Å². The number of carbonyl (C=O) groups excluding carboxylic acids is 1. The van der Waals surface area contributed by atoms with Crippen molar-refractivity contribution in [2.45, 2.75) is 19.4 Å². The quantitative estimate of drug-likeness (QED) is 0.418. The van der Waals surface area contributed by atoms with Gasteiger partial charge in [0.2, 0.25) is 0 Å². The van der Waals surface area contributed by atoms with Crippen LogP contribution in [-0.2, 0) is 19.0 Å². The number of ether oxygens (including phenoxy) is 3. The zero-order valence-electron chi connectivity index (χ0n) is 10.5. The number of hydrogen-bond acceptors (Lipinski definition) is 5. The maximum absolute atomic E-state index is 11.3. The van der Waals surface area contributed by atoms with E-state index in [0.29, 0.717) is 38.4 Å². The molecule has 1 aliphatic heterocycles. The lowest BCUT2D eigenvalue weighted by molar-refractivity contribution is -0.136. The van der Waals surface area contributed by atoms with E-state index in [1.165, 1.54) is 7.11 Å². The van der Waals surface area contributed by atoms with Crippen LogP contribution in [0.2, 0.25) is 0 Å². The maximum atomic E-state index is 11.3. The Morgan fingerprint density at radius 2 is 2.35 bits per heavy atom. The van der Waals surface area contributed by atoms with Gasteiger partial charge in [-0.3, -0.25) is 0 Å². The summed E-state index contributed by atoms with van der Waals surface area (Å²) in [4.78, 5) is 11.3. The first-order chi connectivity index (χ1) is 8.27. The van der Waals surface area contributed by atoms with Crippen LogP contribution >= 0.6 is 0 Å². The Morgan fingerprint density at radius 3 is 2.94 bits per heavy atom. The highest BCUT2D eigenvalue weighted by Crippen LogP contribution is 2.02. The molecule has 5 nitrogen and oxygen atoms in total. The Balaban J connectivity index is 2.20. The number of nitrogens with one attached hydrogen (secondary N) is 1. The summed E-state index contributed by atoms with van der Waals surface area (Å²) in [5.41, 5.74) is 0.695. The molecular weight excluding hydrogens is 222 g/mol. The number of carbonyl (C=O) groups is 1. The SMILES string of the molecule is CCC(=CCNCC1COCCO1)C(=O)OC. The fourth-order valence-corrected chi connectivity index (χ4v) is 1.60. The van der Waals surface area contributed by atoms with E-state index in [1.54, 1.807) is 0 Å². The molecular formula is C12H21NO4. The minimum absolute atomic E-state index is 0.111. The van der Waals surface area contributed by atoms with Crippen molar-refractivity contribution in [2.24, 2.45) is 0 Å². The summed E-state index contributed by atoms with van der Waals surface area (Å²) in [7, 11) is 1.40. The van der Waals surface area contributed by atoms with E-state index >= 15 is 0 Å². The van der Waals surface area contributed by atoms with E-state index in [1.807, 2.05) is 13.0 Å². The molecule has 1 aliphatic rings. The van der Waals surface area contributed by atoms with Crippen molar-refractivity contribution in [3.8, 4) is 0 Å². The van der Waals surface area contributed by atoms with Crippen molar-refractivity contribution < 1.29 is 19.0 Å². The first-order valence-corrected chi connectivity index (χ1v) is 5.95. The summed E-state index contributed by atoms with van der Waals surface area (Å²) >= 11 is 0. The molecule has 1 unspecified atom stereocenters. The number of rotatable bonds is 6. The van der Waals surface area contributed by atoms with Crippen molar-refractivity contribution in [1.29, 1.82) is 0 Å². The van der Waals surface area contributed by atoms with Gasteiger partial charge in [0.05, 0.1) is 33.0 Å². The largest absolute Gasteiger partial charge is 0.466 e. The van der Waals surface area contributed by atoms with Crippen LogP contribution in [0, 0.1) is 0 Å². The summed E-state index contributed by atoms with van der Waals surface area (Å²) < 4.78 is 15.4. The van der Waals surface area contributed by atoms with E-state index in [2.05, 4.69) is 10.1 Å². The number of esters is 1. The Hall–Kier alpha value is -0.910. The minimum atomic E-state index is -0.258. The molecule has 0 spiro atoms. The van der Waals surface area contributed by atoms with Crippen molar-refractivity contribution in [3.05, 3.63) is 11.6 Å². The van der Waals surface area contributed by atoms with Gasteiger partial charge in [-0.05, 0) is 6.42 Å². The molecule has 1 atom stereocenters. The zero-order valence-corrected chi connectivity index (χ0v) is 10.5. The van der Waals surface area contributed by atoms with E-state index in [4.69, 9.17) is 9.47 Å². The molecule has 0 aliphatic carbocycles. The topological polar surface area (TPSA) is 56.8 Å². The van der Waals surface area contributed by atoms with Crippen molar-refractivity contribution in [3.63, 3.8) is 0 Å². The Morgan fingerprint density at radius 1 is 1.53 bits per heavy atom. The van der Waals surface area contributed by atoms with Gasteiger partial charge in [0.25, 0.3) is 0 Å². The molecule has 1 heterocycles. The standard InChI is InChI=1S/C12H21NO4/c1-3-10(12(14)15-2)4-5-13-8-11-9-16-6-7-17-11/h4,11,13H,3,5-9H2,1-2H3. The monoisotopic (exact) mass is 243 g/mol. The Labute approximate surface area is 102 Å². The predicted molar refractivity (Wildman–Crippen MR) is 63.8 cm³/mol. The third-order valence-corrected chi connectivity index (χ3v) is 2.58. The molecule has 0 saturated carbocycles. The lowest BCUT2D eigenvalue weighted by Gasteiger charge is -2.22. The first kappa shape index (κ1) is 14.2. The van der Waals surface area contributed by atoms with Crippen molar-refractivity contribution >= 4 is 5.97 Å². The number of hydrogen-bond donors (Lipinski definition) is 1. The van der Waals surface area contributed by atoms with E-state index in [0.717, 1.165) is 6.54 Å². The van der Waals surface area contributed by atoms with E-state index in [-0.39, 0.29) is 12.1 Å². The van der Waals surface area contributed by atoms with Gasteiger partial charge in [0.1, 0.15) is 0 Å². The van der Waals surface area contributed by atoms with Gasteiger partial charge in [-0.25, -0.2) is 4.79 Å². The number of methoxy groups -OCH3 is 1. The van der Waals surface area contributed by atoms with Crippen LogP contribution in [0.1, 0.15) is 13.3 Å². The molecule has 98 valence electrons. The smallest absolute Gasteiger partial charge is 0.333 e.